The van der Waals surface area contributed by atoms with Crippen LogP contribution in [0.15, 0.2) is 29.3 Å². The largest absolute Gasteiger partial charge is 0.469 e. The molecule has 6 heteroatoms. The Bertz CT molecular complexity index is 834. The van der Waals surface area contributed by atoms with E-state index in [1.165, 1.54) is 14.2 Å². The van der Waals surface area contributed by atoms with Gasteiger partial charge in [0.15, 0.2) is 0 Å². The van der Waals surface area contributed by atoms with Crippen molar-refractivity contribution >= 4 is 28.6 Å². The zero-order chi connectivity index (χ0) is 16.7. The van der Waals surface area contributed by atoms with E-state index in [9.17, 15) is 9.59 Å². The van der Waals surface area contributed by atoms with Gasteiger partial charge in [0.25, 0.3) is 0 Å². The summed E-state index contributed by atoms with van der Waals surface area (Å²) in [6, 6.07) is 7.76. The Morgan fingerprint density at radius 1 is 1.09 bits per heavy atom. The van der Waals surface area contributed by atoms with Gasteiger partial charge in [0.1, 0.15) is 11.8 Å². The number of ether oxygens (including phenoxy) is 2. The Balaban J connectivity index is 2.36. The quantitative estimate of drug-likeness (QED) is 0.791. The van der Waals surface area contributed by atoms with E-state index >= 15 is 0 Å². The molecule has 6 nitrogen and oxygen atoms in total. The third kappa shape index (κ3) is 1.98. The van der Waals surface area contributed by atoms with E-state index in [4.69, 9.17) is 9.47 Å². The van der Waals surface area contributed by atoms with Crippen LogP contribution in [-0.4, -0.2) is 43.5 Å². The van der Waals surface area contributed by atoms with Gasteiger partial charge in [-0.3, -0.25) is 14.6 Å². The van der Waals surface area contributed by atoms with Crippen LogP contribution < -0.4 is 0 Å². The van der Waals surface area contributed by atoms with Crippen LogP contribution in [0.3, 0.4) is 0 Å². The van der Waals surface area contributed by atoms with Crippen molar-refractivity contribution < 1.29 is 19.1 Å². The van der Waals surface area contributed by atoms with Gasteiger partial charge in [-0.2, -0.15) is 0 Å². The van der Waals surface area contributed by atoms with Crippen LogP contribution in [0.5, 0.6) is 0 Å². The molecule has 0 radical (unpaired) electrons. The molecule has 1 aromatic heterocycles. The first kappa shape index (κ1) is 15.3. The van der Waals surface area contributed by atoms with Crippen molar-refractivity contribution in [2.24, 2.45) is 18.0 Å². The minimum absolute atomic E-state index is 0.461. The molecule has 0 spiro atoms. The molecule has 23 heavy (non-hydrogen) atoms. The fraction of sp³-hybridized carbons (Fsp3) is 0.353. The van der Waals surface area contributed by atoms with Gasteiger partial charge in [0.05, 0.1) is 25.6 Å². The van der Waals surface area contributed by atoms with Gasteiger partial charge in [-0.05, 0) is 6.07 Å². The van der Waals surface area contributed by atoms with Crippen LogP contribution in [-0.2, 0) is 26.1 Å². The van der Waals surface area contributed by atoms with Gasteiger partial charge >= 0.3 is 11.9 Å². The summed E-state index contributed by atoms with van der Waals surface area (Å²) in [5.74, 6) is -2.47. The molecule has 0 fully saturated rings. The first-order valence-corrected chi connectivity index (χ1v) is 7.26. The number of hydrogen-bond donors (Lipinski definition) is 0. The molecule has 0 aliphatic heterocycles. The second-order valence-electron chi connectivity index (χ2n) is 5.45. The predicted octanol–water partition coefficient (Wildman–Crippen LogP) is 1.66. The van der Waals surface area contributed by atoms with E-state index in [1.807, 2.05) is 35.9 Å². The van der Waals surface area contributed by atoms with Gasteiger partial charge in [0.2, 0.25) is 0 Å². The lowest BCUT2D eigenvalue weighted by molar-refractivity contribution is -0.151. The molecule has 2 atom stereocenters. The fourth-order valence-corrected chi connectivity index (χ4v) is 3.52. The number of fused-ring (bicyclic) bond motifs is 3. The van der Waals surface area contributed by atoms with Crippen LogP contribution in [0.2, 0.25) is 0 Å². The first-order valence-electron chi connectivity index (χ1n) is 7.26. The Morgan fingerprint density at radius 2 is 1.70 bits per heavy atom. The number of para-hydroxylation sites is 1. The Kier molecular flexibility index (Phi) is 3.67. The molecule has 0 saturated heterocycles. The number of aryl methyl sites for hydroxylation is 1. The van der Waals surface area contributed by atoms with Gasteiger partial charge < -0.3 is 14.0 Å². The van der Waals surface area contributed by atoms with Crippen LogP contribution in [0.25, 0.3) is 10.9 Å². The monoisotopic (exact) mass is 314 g/mol. The van der Waals surface area contributed by atoms with Gasteiger partial charge in [-0.15, -0.1) is 0 Å². The summed E-state index contributed by atoms with van der Waals surface area (Å²) in [6.07, 6.45) is 0. The standard InChI is InChI=1S/C17H18N2O4/c1-18-14-13(17(21)23-4)12(16(20)22-3)11-9-7-5-6-8-10(9)19(2)15(11)14/h5-8,12-13H,1-4H3. The third-order valence-corrected chi connectivity index (χ3v) is 4.48. The molecule has 2 unspecified atom stereocenters. The van der Waals surface area contributed by atoms with Gasteiger partial charge in [-0.25, -0.2) is 0 Å². The molecule has 0 bridgehead atoms. The minimum Gasteiger partial charge on any atom is -0.469 e. The van der Waals surface area contributed by atoms with Crippen molar-refractivity contribution in [3.63, 3.8) is 0 Å². The second kappa shape index (κ2) is 5.53. The van der Waals surface area contributed by atoms with Crippen molar-refractivity contribution in [1.82, 2.24) is 4.57 Å². The number of rotatable bonds is 2. The molecular weight excluding hydrogens is 296 g/mol. The predicted molar refractivity (Wildman–Crippen MR) is 85.6 cm³/mol. The number of carbonyl (C=O) groups excluding carboxylic acids is 2. The average molecular weight is 314 g/mol. The number of aromatic nitrogens is 1. The fourth-order valence-electron chi connectivity index (χ4n) is 3.52. The average Bonchev–Trinajstić information content (AvgIpc) is 3.07. The molecule has 120 valence electrons. The van der Waals surface area contributed by atoms with Crippen molar-refractivity contribution in [3.05, 3.63) is 35.5 Å². The molecule has 0 amide bonds. The maximum absolute atomic E-state index is 12.4. The Morgan fingerprint density at radius 3 is 2.30 bits per heavy atom. The maximum atomic E-state index is 12.4. The number of aliphatic imine (C=N–C) groups is 1. The lowest BCUT2D eigenvalue weighted by Gasteiger charge is -2.17. The number of benzene rings is 1. The van der Waals surface area contributed by atoms with Crippen molar-refractivity contribution in [1.29, 1.82) is 0 Å². The third-order valence-electron chi connectivity index (χ3n) is 4.48. The zero-order valence-corrected chi connectivity index (χ0v) is 13.5. The number of hydrogen-bond acceptors (Lipinski definition) is 5. The summed E-state index contributed by atoms with van der Waals surface area (Å²) in [5.41, 5.74) is 3.11. The van der Waals surface area contributed by atoms with Crippen LogP contribution in [0.1, 0.15) is 17.2 Å². The zero-order valence-electron chi connectivity index (χ0n) is 13.5. The summed E-state index contributed by atoms with van der Waals surface area (Å²) < 4.78 is 11.8. The topological polar surface area (TPSA) is 69.9 Å². The molecular formula is C17H18N2O4. The number of methoxy groups -OCH3 is 2. The highest BCUT2D eigenvalue weighted by Crippen LogP contribution is 2.45. The van der Waals surface area contributed by atoms with Crippen molar-refractivity contribution in [3.8, 4) is 0 Å². The molecule has 3 rings (SSSR count). The van der Waals surface area contributed by atoms with Gasteiger partial charge in [0, 0.05) is 30.6 Å². The molecule has 0 saturated carbocycles. The maximum Gasteiger partial charge on any atom is 0.316 e. The van der Waals surface area contributed by atoms with E-state index in [0.717, 1.165) is 22.2 Å². The molecule has 1 heterocycles. The van der Waals surface area contributed by atoms with Gasteiger partial charge in [-0.1, -0.05) is 18.2 Å². The summed E-state index contributed by atoms with van der Waals surface area (Å²) in [7, 11) is 6.15. The van der Waals surface area contributed by atoms with Crippen LogP contribution >= 0.6 is 0 Å². The summed E-state index contributed by atoms with van der Waals surface area (Å²) in [6.45, 7) is 0. The first-order chi connectivity index (χ1) is 11.1. The molecule has 0 N–H and O–H groups in total. The highest BCUT2D eigenvalue weighted by Gasteiger charge is 2.50. The van der Waals surface area contributed by atoms with E-state index in [0.29, 0.717) is 5.71 Å². The smallest absolute Gasteiger partial charge is 0.316 e. The number of carbonyl (C=O) groups is 2. The van der Waals surface area contributed by atoms with E-state index in [-0.39, 0.29) is 0 Å². The van der Waals surface area contributed by atoms with E-state index in [2.05, 4.69) is 4.99 Å². The summed E-state index contributed by atoms with van der Waals surface area (Å²) in [4.78, 5) is 29.0. The molecule has 1 aliphatic rings. The molecule has 2 aromatic rings. The van der Waals surface area contributed by atoms with Crippen LogP contribution in [0, 0.1) is 5.92 Å². The number of esters is 2. The normalized spacial score (nSPS) is 21.5. The Labute approximate surface area is 133 Å². The molecule has 1 aromatic carbocycles. The van der Waals surface area contributed by atoms with Crippen LogP contribution in [0.4, 0.5) is 0 Å². The second-order valence-corrected chi connectivity index (χ2v) is 5.45. The molecule has 1 aliphatic carbocycles. The Hall–Kier alpha value is -2.63. The lowest BCUT2D eigenvalue weighted by Crippen LogP contribution is -2.31. The lowest BCUT2D eigenvalue weighted by atomic mass is 9.90. The minimum atomic E-state index is -0.779. The summed E-state index contributed by atoms with van der Waals surface area (Å²) in [5, 5.41) is 0.924. The highest BCUT2D eigenvalue weighted by molar-refractivity contribution is 6.21. The van der Waals surface area contributed by atoms with E-state index < -0.39 is 23.8 Å². The summed E-state index contributed by atoms with van der Waals surface area (Å²) >= 11 is 0. The highest BCUT2D eigenvalue weighted by atomic mass is 16.5. The number of nitrogens with zero attached hydrogens (tertiary/aromatic N) is 2. The van der Waals surface area contributed by atoms with Crippen molar-refractivity contribution in [2.45, 2.75) is 5.92 Å². The van der Waals surface area contributed by atoms with Crippen molar-refractivity contribution in [2.75, 3.05) is 21.3 Å². The van der Waals surface area contributed by atoms with E-state index in [1.54, 1.807) is 7.05 Å². The SMILES string of the molecule is CN=C1c2c(c3ccccc3n2C)C(C(=O)OC)C1C(=O)OC.